The van der Waals surface area contributed by atoms with Gasteiger partial charge in [-0.15, -0.1) is 0 Å². The fourth-order valence-corrected chi connectivity index (χ4v) is 2.78. The van der Waals surface area contributed by atoms with Crippen molar-refractivity contribution in [2.24, 2.45) is 5.73 Å². The molecule has 0 spiro atoms. The van der Waals surface area contributed by atoms with Crippen LogP contribution < -0.4 is 5.73 Å². The molecule has 2 aliphatic heterocycles. The van der Waals surface area contributed by atoms with Crippen LogP contribution in [0.4, 0.5) is 0 Å². The summed E-state index contributed by atoms with van der Waals surface area (Å²) in [6, 6.07) is 0.531. The van der Waals surface area contributed by atoms with Crippen LogP contribution in [0.25, 0.3) is 0 Å². The predicted molar refractivity (Wildman–Crippen MR) is 70.1 cm³/mol. The number of piperazine rings is 1. The standard InChI is InChI=1S/C13H27N3O/c1-12(10-14)16-7-5-15(6-8-16)11-13-4-2-3-9-17-13/h12-13H,2-11,14H2,1H3. The summed E-state index contributed by atoms with van der Waals surface area (Å²) >= 11 is 0. The summed E-state index contributed by atoms with van der Waals surface area (Å²) in [6.45, 7) is 9.75. The van der Waals surface area contributed by atoms with E-state index in [-0.39, 0.29) is 0 Å². The van der Waals surface area contributed by atoms with Gasteiger partial charge in [-0.05, 0) is 26.2 Å². The van der Waals surface area contributed by atoms with Gasteiger partial charge >= 0.3 is 0 Å². The van der Waals surface area contributed by atoms with Crippen molar-refractivity contribution in [1.29, 1.82) is 0 Å². The van der Waals surface area contributed by atoms with Gasteiger partial charge in [-0.3, -0.25) is 9.80 Å². The summed E-state index contributed by atoms with van der Waals surface area (Å²) in [4.78, 5) is 5.05. The molecule has 2 atom stereocenters. The van der Waals surface area contributed by atoms with E-state index < -0.39 is 0 Å². The van der Waals surface area contributed by atoms with Gasteiger partial charge in [0.15, 0.2) is 0 Å². The minimum atomic E-state index is 0.488. The Kier molecular flexibility index (Phi) is 5.22. The molecule has 2 unspecified atom stereocenters. The second-order valence-electron chi connectivity index (χ2n) is 5.41. The van der Waals surface area contributed by atoms with Gasteiger partial charge in [0.1, 0.15) is 0 Å². The first kappa shape index (κ1) is 13.3. The largest absolute Gasteiger partial charge is 0.377 e. The van der Waals surface area contributed by atoms with E-state index in [9.17, 15) is 0 Å². The van der Waals surface area contributed by atoms with Crippen LogP contribution in [0.15, 0.2) is 0 Å². The van der Waals surface area contributed by atoms with Gasteiger partial charge in [0.2, 0.25) is 0 Å². The molecule has 0 aromatic carbocycles. The third-order valence-corrected chi connectivity index (χ3v) is 4.11. The van der Waals surface area contributed by atoms with Crippen molar-refractivity contribution >= 4 is 0 Å². The maximum atomic E-state index is 5.80. The normalized spacial score (nSPS) is 30.4. The third-order valence-electron chi connectivity index (χ3n) is 4.11. The monoisotopic (exact) mass is 241 g/mol. The highest BCUT2D eigenvalue weighted by Crippen LogP contribution is 2.15. The zero-order valence-corrected chi connectivity index (χ0v) is 11.1. The topological polar surface area (TPSA) is 41.7 Å². The van der Waals surface area contributed by atoms with Crippen LogP contribution in [0.5, 0.6) is 0 Å². The Morgan fingerprint density at radius 2 is 2.00 bits per heavy atom. The van der Waals surface area contributed by atoms with Crippen LogP contribution in [-0.2, 0) is 4.74 Å². The zero-order valence-electron chi connectivity index (χ0n) is 11.1. The highest BCUT2D eigenvalue weighted by molar-refractivity contribution is 4.79. The highest BCUT2D eigenvalue weighted by atomic mass is 16.5. The molecule has 0 amide bonds. The first-order valence-electron chi connectivity index (χ1n) is 7.07. The van der Waals surface area contributed by atoms with Gasteiger partial charge in [-0.1, -0.05) is 0 Å². The lowest BCUT2D eigenvalue weighted by atomic mass is 10.1. The Morgan fingerprint density at radius 1 is 1.24 bits per heavy atom. The van der Waals surface area contributed by atoms with Gasteiger partial charge in [0.05, 0.1) is 6.10 Å². The lowest BCUT2D eigenvalue weighted by molar-refractivity contribution is -0.0162. The third kappa shape index (κ3) is 3.91. The Balaban J connectivity index is 1.67. The number of hydrogen-bond acceptors (Lipinski definition) is 4. The number of nitrogens with two attached hydrogens (primary N) is 1. The Bertz CT molecular complexity index is 211. The second kappa shape index (κ2) is 6.69. The maximum absolute atomic E-state index is 5.80. The van der Waals surface area contributed by atoms with Crippen molar-refractivity contribution in [3.05, 3.63) is 0 Å². The molecule has 0 aromatic heterocycles. The molecule has 0 aliphatic carbocycles. The molecule has 2 rings (SSSR count). The number of rotatable bonds is 4. The first-order valence-corrected chi connectivity index (χ1v) is 7.07. The molecule has 0 saturated carbocycles. The summed E-state index contributed by atoms with van der Waals surface area (Å²) in [5, 5.41) is 0. The van der Waals surface area contributed by atoms with Gasteiger partial charge in [-0.25, -0.2) is 0 Å². The van der Waals surface area contributed by atoms with Crippen LogP contribution in [0.2, 0.25) is 0 Å². The molecule has 2 heterocycles. The average molecular weight is 241 g/mol. The van der Waals surface area contributed by atoms with E-state index >= 15 is 0 Å². The minimum Gasteiger partial charge on any atom is -0.377 e. The summed E-state index contributed by atoms with van der Waals surface area (Å²) < 4.78 is 5.80. The molecule has 0 radical (unpaired) electrons. The molecule has 0 aromatic rings. The van der Waals surface area contributed by atoms with Crippen molar-refractivity contribution in [1.82, 2.24) is 9.80 Å². The minimum absolute atomic E-state index is 0.488. The Labute approximate surface area is 105 Å². The molecule has 4 nitrogen and oxygen atoms in total. The van der Waals surface area contributed by atoms with E-state index in [4.69, 9.17) is 10.5 Å². The number of hydrogen-bond donors (Lipinski definition) is 1. The molecular weight excluding hydrogens is 214 g/mol. The van der Waals surface area contributed by atoms with E-state index in [1.807, 2.05) is 0 Å². The fourth-order valence-electron chi connectivity index (χ4n) is 2.78. The molecule has 100 valence electrons. The molecule has 2 aliphatic rings. The SMILES string of the molecule is CC(CN)N1CCN(CC2CCCCO2)CC1. The quantitative estimate of drug-likeness (QED) is 0.779. The highest BCUT2D eigenvalue weighted by Gasteiger charge is 2.23. The fraction of sp³-hybridized carbons (Fsp3) is 1.00. The van der Waals surface area contributed by atoms with Crippen molar-refractivity contribution in [3.8, 4) is 0 Å². The maximum Gasteiger partial charge on any atom is 0.0702 e. The van der Waals surface area contributed by atoms with Gasteiger partial charge in [0.25, 0.3) is 0 Å². The first-order chi connectivity index (χ1) is 8.29. The summed E-state index contributed by atoms with van der Waals surface area (Å²) in [6.07, 6.45) is 4.33. The zero-order chi connectivity index (χ0) is 12.1. The molecule has 17 heavy (non-hydrogen) atoms. The van der Waals surface area contributed by atoms with Crippen LogP contribution in [0, 0.1) is 0 Å². The second-order valence-corrected chi connectivity index (χ2v) is 5.41. The van der Waals surface area contributed by atoms with E-state index in [0.717, 1.165) is 32.8 Å². The number of nitrogens with zero attached hydrogens (tertiary/aromatic N) is 2. The van der Waals surface area contributed by atoms with Crippen molar-refractivity contribution in [2.45, 2.75) is 38.3 Å². The van der Waals surface area contributed by atoms with Crippen molar-refractivity contribution in [2.75, 3.05) is 45.9 Å². The lowest BCUT2D eigenvalue weighted by Crippen LogP contribution is -2.52. The summed E-state index contributed by atoms with van der Waals surface area (Å²) in [5.41, 5.74) is 5.71. The summed E-state index contributed by atoms with van der Waals surface area (Å²) in [5.74, 6) is 0. The molecule has 2 saturated heterocycles. The predicted octanol–water partition coefficient (Wildman–Crippen LogP) is 0.520. The van der Waals surface area contributed by atoms with Gasteiger partial charge in [-0.2, -0.15) is 0 Å². The van der Waals surface area contributed by atoms with Crippen molar-refractivity contribution in [3.63, 3.8) is 0 Å². The Hall–Kier alpha value is -0.160. The van der Waals surface area contributed by atoms with E-state index in [0.29, 0.717) is 12.1 Å². The van der Waals surface area contributed by atoms with Crippen LogP contribution in [-0.4, -0.2) is 67.8 Å². The lowest BCUT2D eigenvalue weighted by Gasteiger charge is -2.39. The molecular formula is C13H27N3O. The molecule has 2 N–H and O–H groups in total. The van der Waals surface area contributed by atoms with Gasteiger partial charge in [0, 0.05) is 51.9 Å². The molecule has 4 heteroatoms. The average Bonchev–Trinajstić information content (AvgIpc) is 2.40. The van der Waals surface area contributed by atoms with Crippen LogP contribution in [0.1, 0.15) is 26.2 Å². The van der Waals surface area contributed by atoms with E-state index in [1.54, 1.807) is 0 Å². The van der Waals surface area contributed by atoms with Crippen molar-refractivity contribution < 1.29 is 4.74 Å². The summed E-state index contributed by atoms with van der Waals surface area (Å²) in [7, 11) is 0. The molecule has 2 fully saturated rings. The molecule has 0 bridgehead atoms. The van der Waals surface area contributed by atoms with Gasteiger partial charge < -0.3 is 10.5 Å². The van der Waals surface area contributed by atoms with Crippen LogP contribution in [0.3, 0.4) is 0 Å². The number of ether oxygens (including phenoxy) is 1. The van der Waals surface area contributed by atoms with E-state index in [2.05, 4.69) is 16.7 Å². The van der Waals surface area contributed by atoms with E-state index in [1.165, 1.54) is 32.4 Å². The smallest absolute Gasteiger partial charge is 0.0702 e. The van der Waals surface area contributed by atoms with Crippen LogP contribution >= 0.6 is 0 Å². The Morgan fingerprint density at radius 3 is 2.59 bits per heavy atom.